The lowest BCUT2D eigenvalue weighted by molar-refractivity contribution is -0.133. The first-order chi connectivity index (χ1) is 12.6. The van der Waals surface area contributed by atoms with Crippen LogP contribution in [0.1, 0.15) is 41.7 Å². The van der Waals surface area contributed by atoms with Gasteiger partial charge in [-0.25, -0.2) is 4.98 Å². The summed E-state index contributed by atoms with van der Waals surface area (Å²) in [5.74, 6) is 0.167. The SMILES string of the molecule is C[C@H](c1nc2ccccc2s1)N(C)C(=O)CN1CCC[C@@H]1c1cccs1. The molecule has 0 spiro atoms. The molecular weight excluding hydrogens is 362 g/mol. The van der Waals surface area contributed by atoms with Gasteiger partial charge in [0, 0.05) is 18.0 Å². The van der Waals surface area contributed by atoms with Crippen molar-refractivity contribution in [1.82, 2.24) is 14.8 Å². The van der Waals surface area contributed by atoms with Crippen molar-refractivity contribution in [3.63, 3.8) is 0 Å². The molecule has 136 valence electrons. The van der Waals surface area contributed by atoms with Gasteiger partial charge in [0.15, 0.2) is 0 Å². The molecule has 1 aliphatic heterocycles. The zero-order valence-electron chi connectivity index (χ0n) is 15.1. The van der Waals surface area contributed by atoms with E-state index >= 15 is 0 Å². The van der Waals surface area contributed by atoms with Crippen LogP contribution in [0.2, 0.25) is 0 Å². The van der Waals surface area contributed by atoms with Crippen molar-refractivity contribution >= 4 is 38.8 Å². The minimum atomic E-state index is -0.0114. The van der Waals surface area contributed by atoms with Gasteiger partial charge in [-0.2, -0.15) is 0 Å². The smallest absolute Gasteiger partial charge is 0.237 e. The molecule has 1 saturated heterocycles. The molecule has 4 nitrogen and oxygen atoms in total. The molecule has 0 saturated carbocycles. The van der Waals surface area contributed by atoms with E-state index in [1.807, 2.05) is 30.1 Å². The molecule has 0 unspecified atom stereocenters. The van der Waals surface area contributed by atoms with Crippen molar-refractivity contribution < 1.29 is 4.79 Å². The molecule has 6 heteroatoms. The van der Waals surface area contributed by atoms with Crippen LogP contribution in [-0.2, 0) is 4.79 Å². The van der Waals surface area contributed by atoms with Crippen molar-refractivity contribution in [3.8, 4) is 0 Å². The summed E-state index contributed by atoms with van der Waals surface area (Å²) in [4.78, 5) is 23.2. The topological polar surface area (TPSA) is 36.4 Å². The monoisotopic (exact) mass is 385 g/mol. The molecule has 1 aliphatic rings. The van der Waals surface area contributed by atoms with Crippen molar-refractivity contribution in [2.24, 2.45) is 0 Å². The number of hydrogen-bond donors (Lipinski definition) is 0. The second kappa shape index (κ2) is 7.47. The number of fused-ring (bicyclic) bond motifs is 1. The third-order valence-corrected chi connectivity index (χ3v) is 7.40. The summed E-state index contributed by atoms with van der Waals surface area (Å²) in [6, 6.07) is 12.8. The van der Waals surface area contributed by atoms with E-state index in [1.54, 1.807) is 22.7 Å². The number of rotatable bonds is 5. The standard InChI is InChI=1S/C20H23N3OS2/c1-14(20-21-15-7-3-4-9-17(15)26-20)22(2)19(24)13-23-11-5-8-16(23)18-10-6-12-25-18/h3-4,6-7,9-10,12,14,16H,5,8,11,13H2,1-2H3/t14-,16-/m1/s1. The lowest BCUT2D eigenvalue weighted by atomic mass is 10.2. The van der Waals surface area contributed by atoms with Crippen LogP contribution < -0.4 is 0 Å². The first kappa shape index (κ1) is 17.6. The van der Waals surface area contributed by atoms with Gasteiger partial charge >= 0.3 is 0 Å². The number of thiazole rings is 1. The first-order valence-corrected chi connectivity index (χ1v) is 10.7. The quantitative estimate of drug-likeness (QED) is 0.638. The van der Waals surface area contributed by atoms with Crippen LogP contribution in [0.15, 0.2) is 41.8 Å². The summed E-state index contributed by atoms with van der Waals surface area (Å²) in [5, 5.41) is 3.12. The van der Waals surface area contributed by atoms with Crippen molar-refractivity contribution in [2.75, 3.05) is 20.1 Å². The van der Waals surface area contributed by atoms with E-state index in [4.69, 9.17) is 4.98 Å². The highest BCUT2D eigenvalue weighted by Crippen LogP contribution is 2.35. The number of likely N-dealkylation sites (tertiary alicyclic amines) is 1. The minimum Gasteiger partial charge on any atom is -0.335 e. The fraction of sp³-hybridized carbons (Fsp3) is 0.400. The van der Waals surface area contributed by atoms with E-state index in [-0.39, 0.29) is 11.9 Å². The van der Waals surface area contributed by atoms with Gasteiger partial charge in [0.05, 0.1) is 22.8 Å². The Morgan fingerprint density at radius 2 is 2.19 bits per heavy atom. The Kier molecular flexibility index (Phi) is 5.07. The summed E-state index contributed by atoms with van der Waals surface area (Å²) in [7, 11) is 1.90. The van der Waals surface area contributed by atoms with Crippen molar-refractivity contribution in [2.45, 2.75) is 31.8 Å². The maximum atomic E-state index is 12.9. The Hall–Kier alpha value is -1.76. The third kappa shape index (κ3) is 3.41. The van der Waals surface area contributed by atoms with E-state index in [9.17, 15) is 4.79 Å². The largest absolute Gasteiger partial charge is 0.335 e. The Balaban J connectivity index is 1.45. The first-order valence-electron chi connectivity index (χ1n) is 9.02. The average Bonchev–Trinajstić information content (AvgIpc) is 3.39. The van der Waals surface area contributed by atoms with Gasteiger partial charge in [0.25, 0.3) is 0 Å². The molecule has 0 N–H and O–H groups in total. The van der Waals surface area contributed by atoms with Crippen LogP contribution in [0, 0.1) is 0 Å². The number of aromatic nitrogens is 1. The Morgan fingerprint density at radius 1 is 1.35 bits per heavy atom. The number of carbonyl (C=O) groups excluding carboxylic acids is 1. The zero-order chi connectivity index (χ0) is 18.1. The molecular formula is C20H23N3OS2. The maximum Gasteiger partial charge on any atom is 0.237 e. The number of hydrogen-bond acceptors (Lipinski definition) is 5. The fourth-order valence-corrected chi connectivity index (χ4v) is 5.51. The van der Waals surface area contributed by atoms with Crippen LogP contribution in [0.3, 0.4) is 0 Å². The molecule has 4 rings (SSSR count). The highest BCUT2D eigenvalue weighted by atomic mass is 32.1. The summed E-state index contributed by atoms with van der Waals surface area (Å²) in [6.07, 6.45) is 2.30. The third-order valence-electron chi connectivity index (χ3n) is 5.22. The summed E-state index contributed by atoms with van der Waals surface area (Å²) < 4.78 is 1.17. The summed E-state index contributed by atoms with van der Waals surface area (Å²) in [6.45, 7) is 3.54. The Bertz CT molecular complexity index is 856. The molecule has 3 aromatic rings. The maximum absolute atomic E-state index is 12.9. The molecule has 3 heterocycles. The Labute approximate surface area is 162 Å². The van der Waals surface area contributed by atoms with E-state index in [2.05, 4.69) is 35.4 Å². The number of benzene rings is 1. The molecule has 2 atom stereocenters. The number of thiophene rings is 1. The Morgan fingerprint density at radius 3 is 2.96 bits per heavy atom. The molecule has 26 heavy (non-hydrogen) atoms. The van der Waals surface area contributed by atoms with Crippen LogP contribution in [0.4, 0.5) is 0 Å². The normalized spacial score (nSPS) is 19.1. The van der Waals surface area contributed by atoms with Crippen LogP contribution in [0.25, 0.3) is 10.2 Å². The van der Waals surface area contributed by atoms with Gasteiger partial charge < -0.3 is 4.90 Å². The summed E-state index contributed by atoms with van der Waals surface area (Å²) in [5.41, 5.74) is 1.01. The predicted molar refractivity (Wildman–Crippen MR) is 109 cm³/mol. The minimum absolute atomic E-state index is 0.0114. The predicted octanol–water partition coefficient (Wildman–Crippen LogP) is 4.71. The average molecular weight is 386 g/mol. The number of amides is 1. The van der Waals surface area contributed by atoms with E-state index in [1.165, 1.54) is 9.58 Å². The van der Waals surface area contributed by atoms with E-state index in [0.717, 1.165) is 29.9 Å². The molecule has 2 aromatic heterocycles. The lowest BCUT2D eigenvalue weighted by Gasteiger charge is -2.28. The molecule has 1 aromatic carbocycles. The molecule has 0 radical (unpaired) electrons. The number of para-hydroxylation sites is 1. The molecule has 0 bridgehead atoms. The van der Waals surface area contributed by atoms with E-state index in [0.29, 0.717) is 12.6 Å². The fourth-order valence-electron chi connectivity index (χ4n) is 3.55. The van der Waals surface area contributed by atoms with Gasteiger partial charge in [-0.05, 0) is 49.9 Å². The van der Waals surface area contributed by atoms with Crippen LogP contribution >= 0.6 is 22.7 Å². The van der Waals surface area contributed by atoms with Crippen molar-refractivity contribution in [3.05, 3.63) is 51.7 Å². The van der Waals surface area contributed by atoms with Gasteiger partial charge in [-0.3, -0.25) is 9.69 Å². The van der Waals surface area contributed by atoms with Crippen molar-refractivity contribution in [1.29, 1.82) is 0 Å². The van der Waals surface area contributed by atoms with Gasteiger partial charge in [0.1, 0.15) is 5.01 Å². The zero-order valence-corrected chi connectivity index (χ0v) is 16.7. The van der Waals surface area contributed by atoms with Crippen LogP contribution in [-0.4, -0.2) is 40.8 Å². The highest BCUT2D eigenvalue weighted by molar-refractivity contribution is 7.18. The van der Waals surface area contributed by atoms with E-state index < -0.39 is 0 Å². The second-order valence-electron chi connectivity index (χ2n) is 6.84. The van der Waals surface area contributed by atoms with Gasteiger partial charge in [-0.1, -0.05) is 18.2 Å². The molecule has 1 amide bonds. The summed E-state index contributed by atoms with van der Waals surface area (Å²) >= 11 is 3.47. The second-order valence-corrected chi connectivity index (χ2v) is 8.89. The highest BCUT2D eigenvalue weighted by Gasteiger charge is 2.30. The molecule has 0 aliphatic carbocycles. The lowest BCUT2D eigenvalue weighted by Crippen LogP contribution is -2.39. The number of carbonyl (C=O) groups is 1. The number of likely N-dealkylation sites (N-methyl/N-ethyl adjacent to an activating group) is 1. The van der Waals surface area contributed by atoms with Gasteiger partial charge in [-0.15, -0.1) is 22.7 Å². The molecule has 1 fully saturated rings. The van der Waals surface area contributed by atoms with Gasteiger partial charge in [0.2, 0.25) is 5.91 Å². The number of nitrogens with zero attached hydrogens (tertiary/aromatic N) is 3. The van der Waals surface area contributed by atoms with Crippen LogP contribution in [0.5, 0.6) is 0 Å².